The van der Waals surface area contributed by atoms with Crippen molar-refractivity contribution in [3.05, 3.63) is 35.9 Å². The Labute approximate surface area is 172 Å². The second-order valence-corrected chi connectivity index (χ2v) is 9.20. The molecule has 0 bridgehead atoms. The third-order valence-corrected chi connectivity index (χ3v) is 5.86. The van der Waals surface area contributed by atoms with Gasteiger partial charge in [0, 0.05) is 18.6 Å². The van der Waals surface area contributed by atoms with Gasteiger partial charge >= 0.3 is 5.97 Å². The molecule has 3 nitrogen and oxygen atoms in total. The molecule has 1 aliphatic carbocycles. The van der Waals surface area contributed by atoms with Crippen molar-refractivity contribution in [2.24, 2.45) is 5.41 Å². The number of esters is 1. The van der Waals surface area contributed by atoms with Crippen LogP contribution in [-0.4, -0.2) is 36.1 Å². The maximum atomic E-state index is 13.3. The largest absolute Gasteiger partial charge is 0.464 e. The number of carbonyl (C=O) groups excluding carboxylic acids is 1. The van der Waals surface area contributed by atoms with Crippen LogP contribution in [0.25, 0.3) is 0 Å². The molecule has 0 radical (unpaired) electrons. The smallest absolute Gasteiger partial charge is 0.316 e. The van der Waals surface area contributed by atoms with Crippen molar-refractivity contribution in [2.45, 2.75) is 84.7 Å². The normalized spacial score (nSPS) is 22.0. The first kappa shape index (κ1) is 24.0. The van der Waals surface area contributed by atoms with Gasteiger partial charge in [-0.1, -0.05) is 50.6 Å². The minimum Gasteiger partial charge on any atom is -0.464 e. The number of hydrogen-bond acceptors (Lipinski definition) is 3. The van der Waals surface area contributed by atoms with E-state index in [1.807, 2.05) is 18.2 Å². The van der Waals surface area contributed by atoms with E-state index in [1.165, 1.54) is 6.42 Å². The van der Waals surface area contributed by atoms with Crippen molar-refractivity contribution < 1.29 is 9.53 Å². The molecule has 27 heavy (non-hydrogen) atoms. The quantitative estimate of drug-likeness (QED) is 0.562. The molecule has 1 unspecified atom stereocenters. The fraction of sp³-hybridized carbons (Fsp3) is 0.696. The fourth-order valence-electron chi connectivity index (χ4n) is 4.65. The molecule has 0 N–H and O–H groups in total. The molecular weight excluding hydrogens is 358 g/mol. The van der Waals surface area contributed by atoms with Gasteiger partial charge in [0.05, 0.1) is 5.41 Å². The van der Waals surface area contributed by atoms with Crippen molar-refractivity contribution in [1.29, 1.82) is 0 Å². The number of ether oxygens (including phenoxy) is 1. The lowest BCUT2D eigenvalue weighted by Crippen LogP contribution is -2.45. The summed E-state index contributed by atoms with van der Waals surface area (Å²) in [6.45, 7) is 14.6. The molecule has 4 heteroatoms. The van der Waals surface area contributed by atoms with Gasteiger partial charge in [-0.3, -0.25) is 9.69 Å². The number of carbonyl (C=O) groups is 1. The molecule has 0 heterocycles. The summed E-state index contributed by atoms with van der Waals surface area (Å²) >= 11 is 0. The van der Waals surface area contributed by atoms with Gasteiger partial charge in [0.25, 0.3) is 0 Å². The molecule has 2 rings (SSSR count). The highest BCUT2D eigenvalue weighted by molar-refractivity contribution is 5.85. The lowest BCUT2D eigenvalue weighted by molar-refractivity contribution is -0.154. The lowest BCUT2D eigenvalue weighted by Gasteiger charge is -2.43. The Hall–Kier alpha value is -1.06. The topological polar surface area (TPSA) is 29.5 Å². The Morgan fingerprint density at radius 2 is 1.67 bits per heavy atom. The maximum absolute atomic E-state index is 13.3. The van der Waals surface area contributed by atoms with Gasteiger partial charge in [-0.05, 0) is 57.9 Å². The van der Waals surface area contributed by atoms with Crippen molar-refractivity contribution in [2.75, 3.05) is 13.2 Å². The zero-order valence-electron chi connectivity index (χ0n) is 18.0. The second-order valence-electron chi connectivity index (χ2n) is 9.20. The van der Waals surface area contributed by atoms with Gasteiger partial charge in [0.1, 0.15) is 6.61 Å². The Morgan fingerprint density at radius 1 is 1.07 bits per heavy atom. The van der Waals surface area contributed by atoms with E-state index in [4.69, 9.17) is 4.74 Å². The summed E-state index contributed by atoms with van der Waals surface area (Å²) in [5.74, 6) is -0.0380. The minimum atomic E-state index is -0.497. The Bertz CT molecular complexity index is 577. The van der Waals surface area contributed by atoms with E-state index < -0.39 is 5.41 Å². The van der Waals surface area contributed by atoms with Crippen LogP contribution in [0.3, 0.4) is 0 Å². The standard InChI is InChI=1S/C23H37NO2.ClH/c1-18(2)24(19(3)4)15-16-26-21(25)23(20-11-8-7-9-12-20)14-10-13-22(5,6)17-23;/h7-9,11-12,18-19H,10,13-17H2,1-6H3;1H. The highest BCUT2D eigenvalue weighted by Gasteiger charge is 2.47. The highest BCUT2D eigenvalue weighted by atomic mass is 35.5. The van der Waals surface area contributed by atoms with Crippen LogP contribution in [0.1, 0.15) is 72.8 Å². The number of rotatable bonds is 7. The van der Waals surface area contributed by atoms with E-state index in [-0.39, 0.29) is 23.8 Å². The molecule has 1 atom stereocenters. The zero-order chi connectivity index (χ0) is 19.4. The number of benzene rings is 1. The van der Waals surface area contributed by atoms with E-state index in [0.717, 1.165) is 31.4 Å². The molecule has 1 aromatic carbocycles. The molecular formula is C23H38ClNO2. The van der Waals surface area contributed by atoms with E-state index >= 15 is 0 Å². The molecule has 0 saturated heterocycles. The summed E-state index contributed by atoms with van der Waals surface area (Å²) in [5.41, 5.74) is 0.778. The molecule has 0 aromatic heterocycles. The number of hydrogen-bond donors (Lipinski definition) is 0. The Kier molecular flexibility index (Phi) is 8.82. The van der Waals surface area contributed by atoms with Gasteiger partial charge in [-0.2, -0.15) is 0 Å². The van der Waals surface area contributed by atoms with E-state index in [1.54, 1.807) is 0 Å². The van der Waals surface area contributed by atoms with Crippen molar-refractivity contribution in [3.63, 3.8) is 0 Å². The maximum Gasteiger partial charge on any atom is 0.316 e. The average molecular weight is 396 g/mol. The van der Waals surface area contributed by atoms with Crippen molar-refractivity contribution >= 4 is 18.4 Å². The van der Waals surface area contributed by atoms with Crippen LogP contribution in [0.15, 0.2) is 30.3 Å². The van der Waals surface area contributed by atoms with E-state index in [0.29, 0.717) is 18.7 Å². The van der Waals surface area contributed by atoms with Crippen LogP contribution in [0, 0.1) is 5.41 Å². The highest BCUT2D eigenvalue weighted by Crippen LogP contribution is 2.48. The molecule has 0 aliphatic heterocycles. The van der Waals surface area contributed by atoms with Gasteiger partial charge in [0.15, 0.2) is 0 Å². The Balaban J connectivity index is 0.00000364. The Morgan fingerprint density at radius 3 is 2.19 bits per heavy atom. The third-order valence-electron chi connectivity index (χ3n) is 5.86. The number of halogens is 1. The summed E-state index contributed by atoms with van der Waals surface area (Å²) in [5, 5.41) is 0. The molecule has 0 spiro atoms. The van der Waals surface area contributed by atoms with Crippen molar-refractivity contribution in [3.8, 4) is 0 Å². The summed E-state index contributed by atoms with van der Waals surface area (Å²) < 4.78 is 5.88. The van der Waals surface area contributed by atoms with Crippen LogP contribution in [0.2, 0.25) is 0 Å². The summed E-state index contributed by atoms with van der Waals surface area (Å²) in [4.78, 5) is 15.7. The minimum absolute atomic E-state index is 0. The molecule has 154 valence electrons. The van der Waals surface area contributed by atoms with Crippen molar-refractivity contribution in [1.82, 2.24) is 4.90 Å². The fourth-order valence-corrected chi connectivity index (χ4v) is 4.65. The average Bonchev–Trinajstić information content (AvgIpc) is 2.57. The zero-order valence-corrected chi connectivity index (χ0v) is 18.8. The second kappa shape index (κ2) is 9.93. The van der Waals surface area contributed by atoms with E-state index in [9.17, 15) is 4.79 Å². The van der Waals surface area contributed by atoms with Crippen LogP contribution in [0.4, 0.5) is 0 Å². The van der Waals surface area contributed by atoms with E-state index in [2.05, 4.69) is 58.6 Å². The number of nitrogens with zero attached hydrogens (tertiary/aromatic N) is 1. The first-order valence-electron chi connectivity index (χ1n) is 10.2. The van der Waals surface area contributed by atoms with Crippen LogP contribution in [0.5, 0.6) is 0 Å². The molecule has 0 amide bonds. The summed E-state index contributed by atoms with van der Waals surface area (Å²) in [7, 11) is 0. The molecule has 1 aromatic rings. The first-order valence-corrected chi connectivity index (χ1v) is 10.2. The van der Waals surface area contributed by atoms with Crippen LogP contribution in [-0.2, 0) is 14.9 Å². The van der Waals surface area contributed by atoms with Gasteiger partial charge in [0.2, 0.25) is 0 Å². The molecule has 1 saturated carbocycles. The van der Waals surface area contributed by atoms with Gasteiger partial charge in [-0.25, -0.2) is 0 Å². The molecule has 1 fully saturated rings. The van der Waals surface area contributed by atoms with Gasteiger partial charge < -0.3 is 4.74 Å². The van der Waals surface area contributed by atoms with Crippen LogP contribution >= 0.6 is 12.4 Å². The van der Waals surface area contributed by atoms with Gasteiger partial charge in [-0.15, -0.1) is 12.4 Å². The lowest BCUT2D eigenvalue weighted by atomic mass is 9.61. The monoisotopic (exact) mass is 395 g/mol. The van der Waals surface area contributed by atoms with Crippen LogP contribution < -0.4 is 0 Å². The summed E-state index contributed by atoms with van der Waals surface area (Å²) in [6, 6.07) is 11.2. The first-order chi connectivity index (χ1) is 12.2. The molecule has 1 aliphatic rings. The SMILES string of the molecule is CC(C)N(CCOC(=O)C1(c2ccccc2)CCCC(C)(C)C1)C(C)C.Cl. The predicted octanol–water partition coefficient (Wildman–Crippen LogP) is 5.61. The summed E-state index contributed by atoms with van der Waals surface area (Å²) in [6.07, 6.45) is 3.99. The third kappa shape index (κ3) is 5.96. The predicted molar refractivity (Wildman–Crippen MR) is 116 cm³/mol.